The first-order chi connectivity index (χ1) is 11.4. The third-order valence-corrected chi connectivity index (χ3v) is 6.55. The van der Waals surface area contributed by atoms with Crippen LogP contribution in [0.4, 0.5) is 0 Å². The summed E-state index contributed by atoms with van der Waals surface area (Å²) in [5.74, 6) is -0.387. The van der Waals surface area contributed by atoms with Gasteiger partial charge in [-0.05, 0) is 12.0 Å². The average molecular weight is 350 g/mol. The van der Waals surface area contributed by atoms with Gasteiger partial charge < -0.3 is 9.80 Å². The van der Waals surface area contributed by atoms with Crippen LogP contribution in [0.1, 0.15) is 18.4 Å². The minimum atomic E-state index is -3.04. The van der Waals surface area contributed by atoms with Crippen molar-refractivity contribution in [2.45, 2.75) is 25.4 Å². The average Bonchev–Trinajstić information content (AvgIpc) is 3.10. The molecule has 7 heteroatoms. The molecule has 24 heavy (non-hydrogen) atoms. The number of nitrogens with zero attached hydrogens (tertiary/aromatic N) is 2. The molecule has 3 rings (SSSR count). The Morgan fingerprint density at radius 2 is 2.00 bits per heavy atom. The molecular formula is C17H22N2O4S. The highest BCUT2D eigenvalue weighted by Gasteiger charge is 2.42. The summed E-state index contributed by atoms with van der Waals surface area (Å²) in [5, 5.41) is 0. The van der Waals surface area contributed by atoms with Gasteiger partial charge in [0.05, 0.1) is 17.4 Å². The van der Waals surface area contributed by atoms with Crippen molar-refractivity contribution < 1.29 is 18.0 Å². The standard InChI is InChI=1S/C17H22N2O4S/c1-18(10-13-5-3-2-4-6-13)17(21)14-9-16(20)19(11-14)15-7-8-24(22,23)12-15/h2-6,14-15H,7-12H2,1H3. The van der Waals surface area contributed by atoms with E-state index >= 15 is 0 Å². The summed E-state index contributed by atoms with van der Waals surface area (Å²) >= 11 is 0. The molecule has 0 radical (unpaired) electrons. The van der Waals surface area contributed by atoms with Gasteiger partial charge in [0.15, 0.2) is 9.84 Å². The van der Waals surface area contributed by atoms with Crippen molar-refractivity contribution >= 4 is 21.7 Å². The van der Waals surface area contributed by atoms with Crippen molar-refractivity contribution in [3.8, 4) is 0 Å². The molecule has 1 aromatic rings. The largest absolute Gasteiger partial charge is 0.341 e. The minimum absolute atomic E-state index is 0.0273. The van der Waals surface area contributed by atoms with Crippen LogP contribution in [-0.2, 0) is 26.0 Å². The van der Waals surface area contributed by atoms with Crippen LogP contribution in [0.5, 0.6) is 0 Å². The van der Waals surface area contributed by atoms with Crippen LogP contribution in [0.15, 0.2) is 30.3 Å². The van der Waals surface area contributed by atoms with E-state index in [1.165, 1.54) is 0 Å². The number of likely N-dealkylation sites (tertiary alicyclic amines) is 1. The molecule has 6 nitrogen and oxygen atoms in total. The number of hydrogen-bond donors (Lipinski definition) is 0. The summed E-state index contributed by atoms with van der Waals surface area (Å²) in [6.07, 6.45) is 0.656. The molecule has 0 aromatic heterocycles. The van der Waals surface area contributed by atoms with Crippen LogP contribution < -0.4 is 0 Å². The molecule has 130 valence electrons. The van der Waals surface area contributed by atoms with E-state index in [0.29, 0.717) is 19.5 Å². The molecule has 2 saturated heterocycles. The normalized spacial score (nSPS) is 25.9. The van der Waals surface area contributed by atoms with Gasteiger partial charge in [0.2, 0.25) is 11.8 Å². The third kappa shape index (κ3) is 3.61. The highest BCUT2D eigenvalue weighted by molar-refractivity contribution is 7.91. The van der Waals surface area contributed by atoms with Crippen LogP contribution >= 0.6 is 0 Å². The Bertz CT molecular complexity index is 732. The topological polar surface area (TPSA) is 74.8 Å². The minimum Gasteiger partial charge on any atom is -0.341 e. The third-order valence-electron chi connectivity index (χ3n) is 4.80. The van der Waals surface area contributed by atoms with E-state index in [9.17, 15) is 18.0 Å². The first kappa shape index (κ1) is 17.0. The molecule has 2 amide bonds. The Kier molecular flexibility index (Phi) is 4.62. The zero-order chi connectivity index (χ0) is 17.3. The zero-order valence-electron chi connectivity index (χ0n) is 13.7. The summed E-state index contributed by atoms with van der Waals surface area (Å²) in [7, 11) is -1.30. The lowest BCUT2D eigenvalue weighted by Crippen LogP contribution is -2.39. The lowest BCUT2D eigenvalue weighted by Gasteiger charge is -2.24. The first-order valence-corrected chi connectivity index (χ1v) is 9.96. The molecule has 0 N–H and O–H groups in total. The number of amides is 2. The monoisotopic (exact) mass is 350 g/mol. The number of carbonyl (C=O) groups excluding carboxylic acids is 2. The molecule has 2 aliphatic rings. The number of carbonyl (C=O) groups is 2. The Morgan fingerprint density at radius 1 is 1.29 bits per heavy atom. The predicted octanol–water partition coefficient (Wildman–Crippen LogP) is 0.681. The maximum Gasteiger partial charge on any atom is 0.228 e. The maximum absolute atomic E-state index is 12.6. The van der Waals surface area contributed by atoms with Crippen LogP contribution in [0.2, 0.25) is 0 Å². The van der Waals surface area contributed by atoms with E-state index in [1.807, 2.05) is 30.3 Å². The second-order valence-corrected chi connectivity index (χ2v) is 8.91. The fourth-order valence-electron chi connectivity index (χ4n) is 3.52. The molecule has 2 fully saturated rings. The fraction of sp³-hybridized carbons (Fsp3) is 0.529. The van der Waals surface area contributed by atoms with Crippen molar-refractivity contribution in [2.24, 2.45) is 5.92 Å². The summed E-state index contributed by atoms with van der Waals surface area (Å²) in [6, 6.07) is 9.43. The Labute approximate surface area is 142 Å². The van der Waals surface area contributed by atoms with E-state index in [4.69, 9.17) is 0 Å². The lowest BCUT2D eigenvalue weighted by molar-refractivity contribution is -0.135. The second-order valence-electron chi connectivity index (χ2n) is 6.68. The molecule has 2 aliphatic heterocycles. The highest BCUT2D eigenvalue weighted by Crippen LogP contribution is 2.27. The Morgan fingerprint density at radius 3 is 2.62 bits per heavy atom. The van der Waals surface area contributed by atoms with Crippen molar-refractivity contribution in [3.05, 3.63) is 35.9 Å². The van der Waals surface area contributed by atoms with Gasteiger partial charge in [0.25, 0.3) is 0 Å². The van der Waals surface area contributed by atoms with Crippen LogP contribution in [0.3, 0.4) is 0 Å². The van der Waals surface area contributed by atoms with Crippen molar-refractivity contribution in [1.29, 1.82) is 0 Å². The molecule has 0 spiro atoms. The molecule has 2 heterocycles. The smallest absolute Gasteiger partial charge is 0.228 e. The van der Waals surface area contributed by atoms with E-state index in [-0.39, 0.29) is 41.7 Å². The summed E-state index contributed by atoms with van der Waals surface area (Å²) in [4.78, 5) is 28.1. The van der Waals surface area contributed by atoms with Crippen LogP contribution in [-0.4, -0.2) is 61.2 Å². The van der Waals surface area contributed by atoms with Gasteiger partial charge in [-0.25, -0.2) is 8.42 Å². The molecule has 0 aliphatic carbocycles. The Balaban J connectivity index is 1.61. The number of sulfone groups is 1. The lowest BCUT2D eigenvalue weighted by atomic mass is 10.1. The molecule has 0 bridgehead atoms. The van der Waals surface area contributed by atoms with Crippen molar-refractivity contribution in [3.63, 3.8) is 0 Å². The summed E-state index contributed by atoms with van der Waals surface area (Å²) < 4.78 is 23.2. The number of rotatable bonds is 4. The number of benzene rings is 1. The van der Waals surface area contributed by atoms with Gasteiger partial charge in [-0.3, -0.25) is 9.59 Å². The molecule has 1 aromatic carbocycles. The number of hydrogen-bond acceptors (Lipinski definition) is 4. The van der Waals surface area contributed by atoms with Crippen LogP contribution in [0.25, 0.3) is 0 Å². The van der Waals surface area contributed by atoms with Gasteiger partial charge in [-0.2, -0.15) is 0 Å². The van der Waals surface area contributed by atoms with Crippen molar-refractivity contribution in [1.82, 2.24) is 9.80 Å². The predicted molar refractivity (Wildman–Crippen MR) is 89.8 cm³/mol. The van der Waals surface area contributed by atoms with Crippen LogP contribution in [0, 0.1) is 5.92 Å². The SMILES string of the molecule is CN(Cc1ccccc1)C(=O)C1CC(=O)N(C2CCS(=O)(=O)C2)C1. The maximum atomic E-state index is 12.6. The molecular weight excluding hydrogens is 328 g/mol. The van der Waals surface area contributed by atoms with Gasteiger partial charge in [0.1, 0.15) is 0 Å². The molecule has 0 saturated carbocycles. The Hall–Kier alpha value is -1.89. The first-order valence-electron chi connectivity index (χ1n) is 8.14. The van der Waals surface area contributed by atoms with Gasteiger partial charge in [0, 0.05) is 32.6 Å². The zero-order valence-corrected chi connectivity index (χ0v) is 14.5. The van der Waals surface area contributed by atoms with Crippen molar-refractivity contribution in [2.75, 3.05) is 25.1 Å². The quantitative estimate of drug-likeness (QED) is 0.800. The van der Waals surface area contributed by atoms with Gasteiger partial charge in [-0.15, -0.1) is 0 Å². The summed E-state index contributed by atoms with van der Waals surface area (Å²) in [6.45, 7) is 0.832. The van der Waals surface area contributed by atoms with Gasteiger partial charge in [-0.1, -0.05) is 30.3 Å². The summed E-state index contributed by atoms with van der Waals surface area (Å²) in [5.41, 5.74) is 1.04. The fourth-order valence-corrected chi connectivity index (χ4v) is 5.25. The second kappa shape index (κ2) is 6.55. The van der Waals surface area contributed by atoms with E-state index in [0.717, 1.165) is 5.56 Å². The van der Waals surface area contributed by atoms with E-state index in [1.54, 1.807) is 16.8 Å². The van der Waals surface area contributed by atoms with Gasteiger partial charge >= 0.3 is 0 Å². The molecule has 2 unspecified atom stereocenters. The molecule has 2 atom stereocenters. The van der Waals surface area contributed by atoms with E-state index in [2.05, 4.69) is 0 Å². The van der Waals surface area contributed by atoms with E-state index < -0.39 is 9.84 Å². The highest BCUT2D eigenvalue weighted by atomic mass is 32.2.